The Balaban J connectivity index is 1.26. The molecule has 0 spiro atoms. The van der Waals surface area contributed by atoms with Gasteiger partial charge in [0.05, 0.1) is 19.3 Å². The third-order valence-electron chi connectivity index (χ3n) is 5.57. The van der Waals surface area contributed by atoms with Crippen LogP contribution < -0.4 is 15.4 Å². The highest BCUT2D eigenvalue weighted by Gasteiger charge is 2.29. The minimum absolute atomic E-state index is 0.156. The molecule has 1 saturated heterocycles. The van der Waals surface area contributed by atoms with Gasteiger partial charge in [0.25, 0.3) is 15.9 Å². The van der Waals surface area contributed by atoms with Gasteiger partial charge in [-0.05, 0) is 47.8 Å². The Hall–Kier alpha value is -3.25. The molecule has 3 aromatic rings. The summed E-state index contributed by atoms with van der Waals surface area (Å²) in [6, 6.07) is 17.1. The number of rotatable bonds is 8. The molecule has 0 aliphatic carbocycles. The molecule has 0 unspecified atom stereocenters. The molecule has 4 rings (SSSR count). The summed E-state index contributed by atoms with van der Waals surface area (Å²) in [5, 5.41) is 7.38. The number of nitrogens with zero attached hydrogens (tertiary/aromatic N) is 2. The fourth-order valence-corrected chi connectivity index (χ4v) is 6.28. The average molecular weight is 515 g/mol. The third kappa shape index (κ3) is 6.06. The number of sulfonamides is 1. The van der Waals surface area contributed by atoms with E-state index in [1.54, 1.807) is 60.0 Å². The number of piperazine rings is 1. The van der Waals surface area contributed by atoms with Crippen molar-refractivity contribution in [2.75, 3.05) is 50.5 Å². The minimum atomic E-state index is -3.47. The highest BCUT2D eigenvalue weighted by atomic mass is 32.2. The number of anilines is 2. The van der Waals surface area contributed by atoms with Crippen LogP contribution in [-0.4, -0.2) is 69.3 Å². The molecule has 0 bridgehead atoms. The molecular weight excluding hydrogens is 488 g/mol. The zero-order valence-electron chi connectivity index (χ0n) is 19.1. The number of hydrogen-bond donors (Lipinski definition) is 2. The number of benzene rings is 2. The van der Waals surface area contributed by atoms with Crippen molar-refractivity contribution in [2.24, 2.45) is 0 Å². The number of para-hydroxylation sites is 2. The van der Waals surface area contributed by atoms with Gasteiger partial charge in [0.1, 0.15) is 9.96 Å². The van der Waals surface area contributed by atoms with Crippen LogP contribution in [0.25, 0.3) is 0 Å². The lowest BCUT2D eigenvalue weighted by molar-refractivity contribution is -0.117. The van der Waals surface area contributed by atoms with Crippen molar-refractivity contribution in [3.8, 4) is 5.75 Å². The van der Waals surface area contributed by atoms with Gasteiger partial charge in [-0.2, -0.15) is 4.31 Å². The molecule has 1 aliphatic heterocycles. The predicted molar refractivity (Wildman–Crippen MR) is 136 cm³/mol. The Morgan fingerprint density at radius 3 is 2.31 bits per heavy atom. The molecule has 11 heteroatoms. The second-order valence-corrected chi connectivity index (χ2v) is 11.0. The van der Waals surface area contributed by atoms with E-state index in [1.165, 1.54) is 22.8 Å². The van der Waals surface area contributed by atoms with Crippen LogP contribution in [0, 0.1) is 0 Å². The third-order valence-corrected chi connectivity index (χ3v) is 8.85. The number of carbonyl (C=O) groups is 2. The molecule has 0 radical (unpaired) electrons. The molecular formula is C24H26N4O5S2. The lowest BCUT2D eigenvalue weighted by Crippen LogP contribution is -2.50. The van der Waals surface area contributed by atoms with Crippen molar-refractivity contribution < 1.29 is 22.7 Å². The Labute approximate surface area is 208 Å². The van der Waals surface area contributed by atoms with E-state index in [0.717, 1.165) is 0 Å². The fourth-order valence-electron chi connectivity index (χ4n) is 3.72. The summed E-state index contributed by atoms with van der Waals surface area (Å²) in [4.78, 5) is 27.0. The predicted octanol–water partition coefficient (Wildman–Crippen LogP) is 2.95. The van der Waals surface area contributed by atoms with E-state index in [2.05, 4.69) is 10.6 Å². The summed E-state index contributed by atoms with van der Waals surface area (Å²) in [5.41, 5.74) is 1.58. The maximum absolute atomic E-state index is 12.6. The van der Waals surface area contributed by atoms with Crippen molar-refractivity contribution in [1.82, 2.24) is 9.21 Å². The van der Waals surface area contributed by atoms with Gasteiger partial charge >= 0.3 is 0 Å². The summed E-state index contributed by atoms with van der Waals surface area (Å²) in [6.07, 6.45) is 0. The molecule has 35 heavy (non-hydrogen) atoms. The van der Waals surface area contributed by atoms with E-state index in [4.69, 9.17) is 4.74 Å². The molecule has 2 heterocycles. The normalized spacial score (nSPS) is 14.9. The number of thiophene rings is 1. The largest absolute Gasteiger partial charge is 0.495 e. The lowest BCUT2D eigenvalue weighted by Gasteiger charge is -2.33. The number of ether oxygens (including phenoxy) is 1. The van der Waals surface area contributed by atoms with Gasteiger partial charge in [-0.15, -0.1) is 11.3 Å². The fraction of sp³-hybridized carbons (Fsp3) is 0.250. The van der Waals surface area contributed by atoms with Gasteiger partial charge in [0.2, 0.25) is 5.91 Å². The molecule has 0 atom stereocenters. The monoisotopic (exact) mass is 514 g/mol. The number of methoxy groups -OCH3 is 1. The SMILES string of the molecule is COc1ccccc1NC(=O)c1ccc(NC(=O)CN2CCN(S(=O)(=O)c3cccs3)CC2)cc1. The summed E-state index contributed by atoms with van der Waals surface area (Å²) < 4.78 is 32.3. The van der Waals surface area contributed by atoms with Crippen molar-refractivity contribution in [3.63, 3.8) is 0 Å². The van der Waals surface area contributed by atoms with Crippen LogP contribution in [0.4, 0.5) is 11.4 Å². The van der Waals surface area contributed by atoms with Gasteiger partial charge in [-0.25, -0.2) is 8.42 Å². The smallest absolute Gasteiger partial charge is 0.255 e. The van der Waals surface area contributed by atoms with Gasteiger partial charge in [0.15, 0.2) is 0 Å². The molecule has 2 N–H and O–H groups in total. The minimum Gasteiger partial charge on any atom is -0.495 e. The van der Waals surface area contributed by atoms with Gasteiger partial charge < -0.3 is 15.4 Å². The summed E-state index contributed by atoms with van der Waals surface area (Å²) in [7, 11) is -1.93. The van der Waals surface area contributed by atoms with Crippen LogP contribution in [-0.2, 0) is 14.8 Å². The van der Waals surface area contributed by atoms with E-state index in [9.17, 15) is 18.0 Å². The van der Waals surface area contributed by atoms with Crippen LogP contribution in [0.5, 0.6) is 5.75 Å². The summed E-state index contributed by atoms with van der Waals surface area (Å²) >= 11 is 1.20. The molecule has 1 aromatic heterocycles. The van der Waals surface area contributed by atoms with Gasteiger partial charge in [-0.3, -0.25) is 14.5 Å². The first-order chi connectivity index (χ1) is 16.9. The first-order valence-corrected chi connectivity index (χ1v) is 13.3. The number of carbonyl (C=O) groups excluding carboxylic acids is 2. The Kier molecular flexibility index (Phi) is 7.81. The molecule has 9 nitrogen and oxygen atoms in total. The van der Waals surface area contributed by atoms with E-state index >= 15 is 0 Å². The quantitative estimate of drug-likeness (QED) is 0.479. The maximum atomic E-state index is 12.6. The highest BCUT2D eigenvalue weighted by molar-refractivity contribution is 7.91. The molecule has 0 saturated carbocycles. The van der Waals surface area contributed by atoms with Crippen LogP contribution in [0.3, 0.4) is 0 Å². The van der Waals surface area contributed by atoms with Crippen LogP contribution >= 0.6 is 11.3 Å². The number of hydrogen-bond acceptors (Lipinski definition) is 7. The van der Waals surface area contributed by atoms with Crippen molar-refractivity contribution >= 4 is 44.5 Å². The zero-order chi connectivity index (χ0) is 24.8. The molecule has 1 fully saturated rings. The van der Waals surface area contributed by atoms with E-state index in [1.807, 2.05) is 11.0 Å². The van der Waals surface area contributed by atoms with Gasteiger partial charge in [-0.1, -0.05) is 18.2 Å². The summed E-state index contributed by atoms with van der Waals surface area (Å²) in [6.45, 7) is 1.77. The van der Waals surface area contributed by atoms with E-state index in [0.29, 0.717) is 53.1 Å². The second-order valence-electron chi connectivity index (χ2n) is 7.89. The molecule has 2 amide bonds. The van der Waals surface area contributed by atoms with Crippen molar-refractivity contribution in [2.45, 2.75) is 4.21 Å². The maximum Gasteiger partial charge on any atom is 0.255 e. The van der Waals surface area contributed by atoms with Gasteiger partial charge in [0, 0.05) is 37.4 Å². The van der Waals surface area contributed by atoms with Crippen molar-refractivity contribution in [3.05, 3.63) is 71.6 Å². The first-order valence-electron chi connectivity index (χ1n) is 11.0. The molecule has 184 valence electrons. The summed E-state index contributed by atoms with van der Waals surface area (Å²) in [5.74, 6) is 0.0724. The van der Waals surface area contributed by atoms with Crippen LogP contribution in [0.15, 0.2) is 70.3 Å². The Morgan fingerprint density at radius 1 is 0.943 bits per heavy atom. The first kappa shape index (κ1) is 24.9. The molecule has 1 aliphatic rings. The topological polar surface area (TPSA) is 108 Å². The number of nitrogens with one attached hydrogen (secondary N) is 2. The zero-order valence-corrected chi connectivity index (χ0v) is 20.8. The van der Waals surface area contributed by atoms with E-state index < -0.39 is 10.0 Å². The van der Waals surface area contributed by atoms with Crippen molar-refractivity contribution in [1.29, 1.82) is 0 Å². The lowest BCUT2D eigenvalue weighted by atomic mass is 10.2. The van der Waals surface area contributed by atoms with E-state index in [-0.39, 0.29) is 18.4 Å². The Morgan fingerprint density at radius 2 is 1.66 bits per heavy atom. The van der Waals surface area contributed by atoms with Crippen LogP contribution in [0.2, 0.25) is 0 Å². The average Bonchev–Trinajstić information content (AvgIpc) is 3.41. The van der Waals surface area contributed by atoms with Crippen LogP contribution in [0.1, 0.15) is 10.4 Å². The standard InChI is InChI=1S/C24H26N4O5S2/c1-33-21-6-3-2-5-20(21)26-24(30)18-8-10-19(11-9-18)25-22(29)17-27-12-14-28(15-13-27)35(31,32)23-7-4-16-34-23/h2-11,16H,12-15,17H2,1H3,(H,25,29)(H,26,30). The molecule has 2 aromatic carbocycles. The second kappa shape index (κ2) is 11.0. The number of amides is 2. The highest BCUT2D eigenvalue weighted by Crippen LogP contribution is 2.24. The Bertz CT molecular complexity index is 1270.